The maximum Gasteiger partial charge on any atom is 0.203 e. The number of methoxy groups -OCH3 is 1. The second-order valence-electron chi connectivity index (χ2n) is 5.71. The van der Waals surface area contributed by atoms with E-state index in [9.17, 15) is 0 Å². The molecule has 0 radical (unpaired) electrons. The summed E-state index contributed by atoms with van der Waals surface area (Å²) >= 11 is 1.49. The number of nitrogens with zero attached hydrogens (tertiary/aromatic N) is 2. The van der Waals surface area contributed by atoms with Crippen LogP contribution in [-0.4, -0.2) is 31.5 Å². The summed E-state index contributed by atoms with van der Waals surface area (Å²) in [6.07, 6.45) is 1.73. The monoisotopic (exact) mass is 397 g/mol. The fourth-order valence-corrected chi connectivity index (χ4v) is 3.22. The van der Waals surface area contributed by atoms with Crippen LogP contribution in [0.5, 0.6) is 17.2 Å². The molecule has 0 atom stereocenters. The van der Waals surface area contributed by atoms with Crippen molar-refractivity contribution in [3.8, 4) is 28.5 Å². The Balaban J connectivity index is 1.68. The predicted molar refractivity (Wildman–Crippen MR) is 114 cm³/mol. The van der Waals surface area contributed by atoms with Crippen LogP contribution in [0.4, 0.5) is 5.13 Å². The zero-order valence-corrected chi connectivity index (χ0v) is 17.0. The summed E-state index contributed by atoms with van der Waals surface area (Å²) in [4.78, 5) is 4.57. The Bertz CT molecular complexity index is 940. The quantitative estimate of drug-likeness (QED) is 0.404. The summed E-state index contributed by atoms with van der Waals surface area (Å²) in [7, 11) is 1.65. The molecule has 3 aromatic rings. The molecule has 1 aromatic heterocycles. The van der Waals surface area contributed by atoms with E-state index in [4.69, 9.17) is 14.2 Å². The van der Waals surface area contributed by atoms with E-state index in [2.05, 4.69) is 15.5 Å². The number of hydrogen-bond donors (Lipinski definition) is 1. The van der Waals surface area contributed by atoms with Gasteiger partial charge in [0.05, 0.1) is 32.2 Å². The second kappa shape index (κ2) is 9.75. The molecule has 7 heteroatoms. The fraction of sp³-hybridized carbons (Fsp3) is 0.238. The van der Waals surface area contributed by atoms with Crippen LogP contribution in [0.3, 0.4) is 0 Å². The summed E-state index contributed by atoms with van der Waals surface area (Å²) in [6, 6.07) is 13.5. The van der Waals surface area contributed by atoms with Gasteiger partial charge in [-0.2, -0.15) is 5.10 Å². The van der Waals surface area contributed by atoms with Gasteiger partial charge in [-0.3, -0.25) is 5.43 Å². The first-order chi connectivity index (χ1) is 13.7. The van der Waals surface area contributed by atoms with Gasteiger partial charge in [-0.25, -0.2) is 4.98 Å². The van der Waals surface area contributed by atoms with Crippen LogP contribution in [0.25, 0.3) is 11.3 Å². The van der Waals surface area contributed by atoms with Crippen LogP contribution in [0.1, 0.15) is 19.4 Å². The Hall–Kier alpha value is -3.06. The van der Waals surface area contributed by atoms with Crippen molar-refractivity contribution in [2.75, 3.05) is 25.7 Å². The van der Waals surface area contributed by atoms with E-state index < -0.39 is 0 Å². The summed E-state index contributed by atoms with van der Waals surface area (Å²) in [5, 5.41) is 6.98. The highest BCUT2D eigenvalue weighted by Gasteiger charge is 2.06. The van der Waals surface area contributed by atoms with Crippen LogP contribution < -0.4 is 19.6 Å². The summed E-state index contributed by atoms with van der Waals surface area (Å²) in [5.74, 6) is 2.25. The van der Waals surface area contributed by atoms with Gasteiger partial charge >= 0.3 is 0 Å². The van der Waals surface area contributed by atoms with E-state index in [1.807, 2.05) is 61.7 Å². The molecule has 0 bridgehead atoms. The number of aromatic nitrogens is 1. The molecule has 6 nitrogen and oxygen atoms in total. The van der Waals surface area contributed by atoms with Crippen molar-refractivity contribution in [2.45, 2.75) is 13.8 Å². The van der Waals surface area contributed by atoms with E-state index in [0.717, 1.165) is 28.3 Å². The number of anilines is 1. The molecule has 0 saturated carbocycles. The highest BCUT2D eigenvalue weighted by atomic mass is 32.1. The van der Waals surface area contributed by atoms with E-state index in [1.165, 1.54) is 11.3 Å². The molecular weight excluding hydrogens is 374 g/mol. The zero-order chi connectivity index (χ0) is 19.8. The Morgan fingerprint density at radius 2 is 1.89 bits per heavy atom. The van der Waals surface area contributed by atoms with Crippen molar-refractivity contribution in [3.63, 3.8) is 0 Å². The fourth-order valence-electron chi connectivity index (χ4n) is 2.55. The highest BCUT2D eigenvalue weighted by molar-refractivity contribution is 7.14. The molecule has 0 aliphatic rings. The van der Waals surface area contributed by atoms with Crippen LogP contribution >= 0.6 is 11.3 Å². The van der Waals surface area contributed by atoms with Crippen molar-refractivity contribution in [2.24, 2.45) is 5.10 Å². The van der Waals surface area contributed by atoms with Crippen molar-refractivity contribution < 1.29 is 14.2 Å². The molecule has 0 saturated heterocycles. The normalized spacial score (nSPS) is 10.8. The van der Waals surface area contributed by atoms with E-state index in [1.54, 1.807) is 13.3 Å². The van der Waals surface area contributed by atoms with Crippen LogP contribution in [-0.2, 0) is 0 Å². The third-order valence-electron chi connectivity index (χ3n) is 3.81. The molecule has 0 aliphatic heterocycles. The Kier molecular flexibility index (Phi) is 6.86. The molecular formula is C21H23N3O3S. The SMILES string of the molecule is CCOc1ccc(/C=N\Nc2nc(-c3cccc(OC)c3)cs2)cc1OCC. The van der Waals surface area contributed by atoms with Gasteiger partial charge < -0.3 is 14.2 Å². The van der Waals surface area contributed by atoms with Crippen LogP contribution in [0.15, 0.2) is 52.9 Å². The molecule has 3 rings (SSSR count). The third-order valence-corrected chi connectivity index (χ3v) is 4.56. The molecule has 0 spiro atoms. The minimum Gasteiger partial charge on any atom is -0.497 e. The van der Waals surface area contributed by atoms with Crippen molar-refractivity contribution in [1.29, 1.82) is 0 Å². The standard InChI is InChI=1S/C21H23N3O3S/c1-4-26-19-10-9-15(11-20(19)27-5-2)13-22-24-21-23-18(14-28-21)16-7-6-8-17(12-16)25-3/h6-14H,4-5H2,1-3H3,(H,23,24)/b22-13-. The number of hydrazone groups is 1. The van der Waals surface area contributed by atoms with Crippen molar-refractivity contribution in [1.82, 2.24) is 4.98 Å². The number of nitrogens with one attached hydrogen (secondary N) is 1. The van der Waals surface area contributed by atoms with Gasteiger partial charge in [-0.05, 0) is 49.7 Å². The van der Waals surface area contributed by atoms with Crippen LogP contribution in [0.2, 0.25) is 0 Å². The predicted octanol–water partition coefficient (Wildman–Crippen LogP) is 5.06. The first-order valence-corrected chi connectivity index (χ1v) is 9.90. The molecule has 1 N–H and O–H groups in total. The Morgan fingerprint density at radius 3 is 2.68 bits per heavy atom. The zero-order valence-electron chi connectivity index (χ0n) is 16.1. The molecule has 0 aliphatic carbocycles. The van der Waals surface area contributed by atoms with Gasteiger partial charge in [0.25, 0.3) is 0 Å². The number of benzene rings is 2. The topological polar surface area (TPSA) is 65.0 Å². The largest absolute Gasteiger partial charge is 0.497 e. The number of hydrogen-bond acceptors (Lipinski definition) is 7. The average molecular weight is 398 g/mol. The summed E-state index contributed by atoms with van der Waals surface area (Å²) < 4.78 is 16.5. The van der Waals surface area contributed by atoms with Gasteiger partial charge in [-0.15, -0.1) is 11.3 Å². The van der Waals surface area contributed by atoms with Gasteiger partial charge in [-0.1, -0.05) is 12.1 Å². The number of thiazole rings is 1. The second-order valence-corrected chi connectivity index (χ2v) is 6.57. The lowest BCUT2D eigenvalue weighted by Crippen LogP contribution is -1.99. The Morgan fingerprint density at radius 1 is 1.07 bits per heavy atom. The molecule has 1 heterocycles. The average Bonchev–Trinajstić information content (AvgIpc) is 3.19. The lowest BCUT2D eigenvalue weighted by molar-refractivity contribution is 0.288. The molecule has 2 aromatic carbocycles. The lowest BCUT2D eigenvalue weighted by Gasteiger charge is -2.11. The van der Waals surface area contributed by atoms with Gasteiger partial charge in [0.2, 0.25) is 5.13 Å². The highest BCUT2D eigenvalue weighted by Crippen LogP contribution is 2.29. The van der Waals surface area contributed by atoms with Gasteiger partial charge in [0.15, 0.2) is 11.5 Å². The first-order valence-electron chi connectivity index (χ1n) is 9.02. The molecule has 0 unspecified atom stereocenters. The van der Waals surface area contributed by atoms with Crippen molar-refractivity contribution >= 4 is 22.7 Å². The maximum absolute atomic E-state index is 5.64. The van der Waals surface area contributed by atoms with E-state index in [-0.39, 0.29) is 0 Å². The van der Waals surface area contributed by atoms with Gasteiger partial charge in [0.1, 0.15) is 5.75 Å². The smallest absolute Gasteiger partial charge is 0.203 e. The van der Waals surface area contributed by atoms with Gasteiger partial charge in [0, 0.05) is 10.9 Å². The van der Waals surface area contributed by atoms with Crippen LogP contribution in [0, 0.1) is 0 Å². The van der Waals surface area contributed by atoms with Crippen molar-refractivity contribution in [3.05, 3.63) is 53.4 Å². The number of rotatable bonds is 9. The lowest BCUT2D eigenvalue weighted by atomic mass is 10.2. The van der Waals surface area contributed by atoms with E-state index in [0.29, 0.717) is 24.1 Å². The number of ether oxygens (including phenoxy) is 3. The molecule has 0 fully saturated rings. The molecule has 0 amide bonds. The minimum absolute atomic E-state index is 0.574. The molecule has 146 valence electrons. The van der Waals surface area contributed by atoms with E-state index >= 15 is 0 Å². The first kappa shape index (κ1) is 19.7. The third kappa shape index (κ3) is 5.01. The Labute approximate surface area is 168 Å². The summed E-state index contributed by atoms with van der Waals surface area (Å²) in [5.41, 5.74) is 5.76. The molecule has 28 heavy (non-hydrogen) atoms. The maximum atomic E-state index is 5.64. The summed E-state index contributed by atoms with van der Waals surface area (Å²) in [6.45, 7) is 5.06. The minimum atomic E-state index is 0.574.